The van der Waals surface area contributed by atoms with E-state index in [0.717, 1.165) is 22.8 Å². The highest BCUT2D eigenvalue weighted by atomic mass is 19.1. The van der Waals surface area contributed by atoms with E-state index in [1.807, 2.05) is 48.6 Å². The van der Waals surface area contributed by atoms with Gasteiger partial charge in [-0.2, -0.15) is 0 Å². The quantitative estimate of drug-likeness (QED) is 0.586. The number of hydrogen-bond donors (Lipinski definition) is 0. The first-order valence-electron chi connectivity index (χ1n) is 10.0. The molecule has 0 unspecified atom stereocenters. The third-order valence-electron chi connectivity index (χ3n) is 5.27. The summed E-state index contributed by atoms with van der Waals surface area (Å²) in [4.78, 5) is 18.4. The molecule has 1 aromatic rings. The first-order chi connectivity index (χ1) is 15.6. The Hall–Kier alpha value is -4.32. The highest BCUT2D eigenvalue weighted by Crippen LogP contribution is 2.31. The van der Waals surface area contributed by atoms with E-state index in [-0.39, 0.29) is 5.56 Å². The molecule has 0 saturated carbocycles. The van der Waals surface area contributed by atoms with Crippen LogP contribution in [0.4, 0.5) is 8.78 Å². The summed E-state index contributed by atoms with van der Waals surface area (Å²) in [7, 11) is 0. The predicted octanol–water partition coefficient (Wildman–Crippen LogP) is 5.38. The Kier molecular flexibility index (Phi) is 4.11. The summed E-state index contributed by atoms with van der Waals surface area (Å²) in [5.74, 6) is -1.29. The Morgan fingerprint density at radius 2 is 1.00 bits per heavy atom. The molecule has 1 aromatic carbocycles. The van der Waals surface area contributed by atoms with E-state index in [9.17, 15) is 8.78 Å². The van der Waals surface area contributed by atoms with E-state index in [0.29, 0.717) is 28.4 Å². The van der Waals surface area contributed by atoms with Gasteiger partial charge in [0, 0.05) is 5.57 Å². The van der Waals surface area contributed by atoms with Crippen LogP contribution in [0.2, 0.25) is 0 Å². The Morgan fingerprint density at radius 3 is 1.56 bits per heavy atom. The van der Waals surface area contributed by atoms with E-state index in [2.05, 4.69) is 20.0 Å². The number of rotatable bonds is 1. The molecule has 4 nitrogen and oxygen atoms in total. The number of halogens is 2. The molecule has 0 N–H and O–H groups in total. The number of nitrogens with zero attached hydrogens (tertiary/aromatic N) is 4. The summed E-state index contributed by atoms with van der Waals surface area (Å²) in [6.45, 7) is 0. The van der Waals surface area contributed by atoms with Crippen LogP contribution in [-0.2, 0) is 0 Å². The smallest absolute Gasteiger partial charge is 0.134 e. The van der Waals surface area contributed by atoms with Crippen molar-refractivity contribution < 1.29 is 8.78 Å². The largest absolute Gasteiger partial charge is 0.249 e. The standard InChI is InChI=1S/C26H14F2N4/c27-23-2-1-3-24(28)26(23)22-13-21-12-19-7-6-17(30-19)10-15-4-5-16(29-15)11-18-8-9-20(31-18)14-25(22)32-21/h1-14H. The number of hydrogen-bond acceptors (Lipinski definition) is 4. The molecule has 5 aliphatic rings. The molecule has 5 aliphatic heterocycles. The van der Waals surface area contributed by atoms with Crippen LogP contribution in [-0.4, -0.2) is 22.8 Å². The molecule has 0 aromatic heterocycles. The number of benzene rings is 1. The van der Waals surface area contributed by atoms with E-state index >= 15 is 0 Å². The lowest BCUT2D eigenvalue weighted by molar-refractivity contribution is 0.578. The molecule has 0 spiro atoms. The van der Waals surface area contributed by atoms with Crippen LogP contribution in [0.25, 0.3) is 5.57 Å². The lowest BCUT2D eigenvalue weighted by Crippen LogP contribution is -2.01. The molecule has 8 bridgehead atoms. The van der Waals surface area contributed by atoms with Crippen molar-refractivity contribution in [1.29, 1.82) is 0 Å². The van der Waals surface area contributed by atoms with Gasteiger partial charge in [-0.1, -0.05) is 6.07 Å². The average Bonchev–Trinajstić information content (AvgIpc) is 3.54. The third-order valence-corrected chi connectivity index (χ3v) is 5.27. The molecular weight excluding hydrogens is 406 g/mol. The van der Waals surface area contributed by atoms with Crippen molar-refractivity contribution in [3.8, 4) is 0 Å². The zero-order chi connectivity index (χ0) is 21.7. The second-order valence-electron chi connectivity index (χ2n) is 7.54. The summed E-state index contributed by atoms with van der Waals surface area (Å²) in [6, 6.07) is 3.82. The summed E-state index contributed by atoms with van der Waals surface area (Å²) < 4.78 is 29.2. The molecular formula is C26H14F2N4. The molecule has 5 heterocycles. The minimum absolute atomic E-state index is 0.111. The van der Waals surface area contributed by atoms with Gasteiger partial charge >= 0.3 is 0 Å². The Labute approximate surface area is 182 Å². The zero-order valence-corrected chi connectivity index (χ0v) is 16.6. The normalized spacial score (nSPS) is 20.2. The topological polar surface area (TPSA) is 49.4 Å². The monoisotopic (exact) mass is 420 g/mol. The lowest BCUT2D eigenvalue weighted by Gasteiger charge is -2.06. The van der Waals surface area contributed by atoms with Gasteiger partial charge < -0.3 is 0 Å². The van der Waals surface area contributed by atoms with E-state index in [4.69, 9.17) is 0 Å². The highest BCUT2D eigenvalue weighted by Gasteiger charge is 2.23. The minimum atomic E-state index is -0.643. The van der Waals surface area contributed by atoms with E-state index < -0.39 is 11.6 Å². The van der Waals surface area contributed by atoms with E-state index in [1.54, 1.807) is 18.2 Å². The average molecular weight is 420 g/mol. The van der Waals surface area contributed by atoms with Crippen molar-refractivity contribution in [1.82, 2.24) is 0 Å². The molecule has 0 amide bonds. The SMILES string of the molecule is Fc1cccc(F)c1C1=CC2=CC3=NC(=CC4=NC(=CC5=NC(=CC1=N2)C=C5)C=C4)C=C3. The highest BCUT2D eigenvalue weighted by molar-refractivity contribution is 6.32. The van der Waals surface area contributed by atoms with Crippen molar-refractivity contribution in [2.45, 2.75) is 0 Å². The van der Waals surface area contributed by atoms with Gasteiger partial charge in [0.25, 0.3) is 0 Å². The fourth-order valence-corrected chi connectivity index (χ4v) is 3.85. The zero-order valence-electron chi connectivity index (χ0n) is 16.6. The Balaban J connectivity index is 1.54. The van der Waals surface area contributed by atoms with Crippen LogP contribution < -0.4 is 0 Å². The number of fused-ring (bicyclic) bond motifs is 4. The van der Waals surface area contributed by atoms with Gasteiger partial charge in [0.05, 0.1) is 51.2 Å². The Bertz CT molecular complexity index is 1440. The van der Waals surface area contributed by atoms with Crippen molar-refractivity contribution in [2.75, 3.05) is 0 Å². The molecule has 32 heavy (non-hydrogen) atoms. The first kappa shape index (κ1) is 18.4. The van der Waals surface area contributed by atoms with Crippen molar-refractivity contribution >= 4 is 28.4 Å². The molecule has 0 atom stereocenters. The van der Waals surface area contributed by atoms with Gasteiger partial charge in [-0.15, -0.1) is 0 Å². The van der Waals surface area contributed by atoms with Crippen LogP contribution in [0.15, 0.2) is 128 Å². The van der Waals surface area contributed by atoms with Crippen molar-refractivity contribution in [3.63, 3.8) is 0 Å². The van der Waals surface area contributed by atoms with Gasteiger partial charge in [-0.3, -0.25) is 0 Å². The van der Waals surface area contributed by atoms with Crippen molar-refractivity contribution in [3.05, 3.63) is 125 Å². The van der Waals surface area contributed by atoms with E-state index in [1.165, 1.54) is 18.2 Å². The van der Waals surface area contributed by atoms with Crippen LogP contribution >= 0.6 is 0 Å². The molecule has 0 saturated heterocycles. The summed E-state index contributed by atoms with van der Waals surface area (Å²) in [5, 5.41) is 0. The van der Waals surface area contributed by atoms with Crippen molar-refractivity contribution in [2.24, 2.45) is 20.0 Å². The maximum Gasteiger partial charge on any atom is 0.134 e. The van der Waals surface area contributed by atoms with Gasteiger partial charge in [0.1, 0.15) is 11.6 Å². The third kappa shape index (κ3) is 3.32. The maximum absolute atomic E-state index is 14.6. The van der Waals surface area contributed by atoms with Gasteiger partial charge in [-0.25, -0.2) is 28.8 Å². The van der Waals surface area contributed by atoms with Crippen LogP contribution in [0.1, 0.15) is 5.56 Å². The molecule has 0 aliphatic carbocycles. The second-order valence-corrected chi connectivity index (χ2v) is 7.54. The first-order valence-corrected chi connectivity index (χ1v) is 10.0. The molecule has 0 radical (unpaired) electrons. The molecule has 6 heteroatoms. The summed E-state index contributed by atoms with van der Waals surface area (Å²) in [6.07, 6.45) is 20.3. The van der Waals surface area contributed by atoms with Crippen LogP contribution in [0.5, 0.6) is 0 Å². The maximum atomic E-state index is 14.6. The lowest BCUT2D eigenvalue weighted by atomic mass is 9.99. The molecule has 6 rings (SSSR count). The second kappa shape index (κ2) is 7.13. The fourth-order valence-electron chi connectivity index (χ4n) is 3.85. The van der Waals surface area contributed by atoms with Gasteiger partial charge in [-0.05, 0) is 79.0 Å². The number of aliphatic imine (C=N–C) groups is 4. The van der Waals surface area contributed by atoms with Crippen LogP contribution in [0.3, 0.4) is 0 Å². The molecule has 0 fully saturated rings. The van der Waals surface area contributed by atoms with Gasteiger partial charge in [0.15, 0.2) is 0 Å². The summed E-state index contributed by atoms with van der Waals surface area (Å²) in [5.41, 5.74) is 5.66. The fraction of sp³-hybridized carbons (Fsp3) is 0. The number of allylic oxidation sites excluding steroid dienone is 12. The van der Waals surface area contributed by atoms with Gasteiger partial charge in [0.2, 0.25) is 0 Å². The van der Waals surface area contributed by atoms with Crippen LogP contribution in [0, 0.1) is 11.6 Å². The molecule has 152 valence electrons. The predicted molar refractivity (Wildman–Crippen MR) is 124 cm³/mol. The Morgan fingerprint density at radius 1 is 0.500 bits per heavy atom. The minimum Gasteiger partial charge on any atom is -0.249 e. The summed E-state index contributed by atoms with van der Waals surface area (Å²) >= 11 is 0.